The summed E-state index contributed by atoms with van der Waals surface area (Å²) >= 11 is 0. The van der Waals surface area contributed by atoms with E-state index >= 15 is 0 Å². The predicted molar refractivity (Wildman–Crippen MR) is 38.3 cm³/mol. The minimum absolute atomic E-state index is 0.186. The van der Waals surface area contributed by atoms with Crippen LogP contribution in [0.2, 0.25) is 0 Å². The molecule has 0 unspecified atom stereocenters. The average Bonchev–Trinajstić information content (AvgIpc) is 2.30. The monoisotopic (exact) mass is 119 g/mol. The van der Waals surface area contributed by atoms with Gasteiger partial charge in [-0.2, -0.15) is 0 Å². The summed E-state index contributed by atoms with van der Waals surface area (Å²) in [7, 11) is 0. The first kappa shape index (κ1) is 3.06. The van der Waals surface area contributed by atoms with Crippen molar-refractivity contribution in [2.45, 2.75) is 0 Å². The largest absolute Gasteiger partial charge is 0.361 e. The van der Waals surface area contributed by atoms with Gasteiger partial charge in [0.2, 0.25) is 0 Å². The van der Waals surface area contributed by atoms with Crippen molar-refractivity contribution in [2.75, 3.05) is 0 Å². The Morgan fingerprint density at radius 1 is 1.33 bits per heavy atom. The molecule has 44 valence electrons. The molecule has 0 radical (unpaired) electrons. The highest BCUT2D eigenvalue weighted by Crippen LogP contribution is 2.09. The van der Waals surface area contributed by atoms with Crippen LogP contribution < -0.4 is 0 Å². The Kier molecular flexibility index (Phi) is 0.552. The molecule has 0 atom stereocenters. The number of aromatic nitrogens is 1. The Morgan fingerprint density at radius 2 is 2.22 bits per heavy atom. The minimum Gasteiger partial charge on any atom is -0.361 e. The van der Waals surface area contributed by atoms with Crippen LogP contribution in [0.4, 0.5) is 0 Å². The molecular weight excluding hydrogens is 110 g/mol. The summed E-state index contributed by atoms with van der Waals surface area (Å²) in [6.45, 7) is 0. The summed E-state index contributed by atoms with van der Waals surface area (Å²) < 4.78 is 14.8. The van der Waals surface area contributed by atoms with Crippen LogP contribution in [0.15, 0.2) is 36.5 Å². The van der Waals surface area contributed by atoms with Gasteiger partial charge in [-0.05, 0) is 17.5 Å². The van der Waals surface area contributed by atoms with Crippen LogP contribution in [-0.4, -0.2) is 4.98 Å². The molecule has 9 heavy (non-hydrogen) atoms. The number of benzene rings is 1. The maximum Gasteiger partial charge on any atom is 0.0816 e. The molecule has 0 bridgehead atoms. The van der Waals surface area contributed by atoms with Crippen molar-refractivity contribution in [1.82, 2.24) is 4.98 Å². The van der Waals surface area contributed by atoms with E-state index in [0.29, 0.717) is 0 Å². The highest BCUT2D eigenvalue weighted by atomic mass is 14.6. The predicted octanol–water partition coefficient (Wildman–Crippen LogP) is 2.17. The maximum atomic E-state index is 7.45. The third kappa shape index (κ3) is 0.617. The summed E-state index contributed by atoms with van der Waals surface area (Å²) in [5, 5.41) is 0.817. The zero-order chi connectivity index (χ0) is 7.84. The third-order valence-corrected chi connectivity index (χ3v) is 1.32. The van der Waals surface area contributed by atoms with Crippen LogP contribution in [0, 0.1) is 0 Å². The zero-order valence-electron chi connectivity index (χ0n) is 6.81. The number of aromatic amines is 1. The highest BCUT2D eigenvalue weighted by molar-refractivity contribution is 5.78. The lowest BCUT2D eigenvalue weighted by Crippen LogP contribution is -1.61. The molecule has 1 nitrogen and oxygen atoms in total. The summed E-state index contributed by atoms with van der Waals surface area (Å²) in [6, 6.07) is 7.74. The number of H-pyrrole nitrogens is 1. The van der Waals surface area contributed by atoms with Gasteiger partial charge in [-0.3, -0.25) is 0 Å². The van der Waals surface area contributed by atoms with E-state index in [-0.39, 0.29) is 12.2 Å². The van der Waals surface area contributed by atoms with Gasteiger partial charge >= 0.3 is 0 Å². The van der Waals surface area contributed by atoms with Crippen LogP contribution >= 0.6 is 0 Å². The molecule has 1 heteroatoms. The van der Waals surface area contributed by atoms with Crippen LogP contribution in [0.3, 0.4) is 0 Å². The van der Waals surface area contributed by atoms with Crippen molar-refractivity contribution < 1.29 is 2.74 Å². The van der Waals surface area contributed by atoms with Crippen molar-refractivity contribution in [3.63, 3.8) is 0 Å². The first-order valence-electron chi connectivity index (χ1n) is 3.83. The van der Waals surface area contributed by atoms with Gasteiger partial charge in [0.15, 0.2) is 0 Å². The van der Waals surface area contributed by atoms with Crippen LogP contribution in [0.5, 0.6) is 0 Å². The molecule has 2 rings (SSSR count). The van der Waals surface area contributed by atoms with E-state index in [1.165, 1.54) is 0 Å². The van der Waals surface area contributed by atoms with Crippen molar-refractivity contribution in [3.8, 4) is 0 Å². The molecule has 0 amide bonds. The summed E-state index contributed by atoms with van der Waals surface area (Å²) in [5.74, 6) is 0. The van der Waals surface area contributed by atoms with Crippen LogP contribution in [0.25, 0.3) is 10.9 Å². The summed E-state index contributed by atoms with van der Waals surface area (Å²) in [5.41, 5.74) is 0.863. The van der Waals surface area contributed by atoms with Gasteiger partial charge in [0.25, 0.3) is 0 Å². The molecule has 0 fully saturated rings. The number of nitrogens with one attached hydrogen (secondary N) is 1. The molecule has 0 saturated carbocycles. The minimum atomic E-state index is 0.186. The fourth-order valence-electron chi connectivity index (χ4n) is 0.867. The fourth-order valence-corrected chi connectivity index (χ4v) is 0.867. The Labute approximate surface area is 56.1 Å². The molecule has 1 aromatic heterocycles. The SMILES string of the molecule is [2H]c1[nH]c2ccccc2c1[2H]. The van der Waals surface area contributed by atoms with Gasteiger partial charge < -0.3 is 4.98 Å². The van der Waals surface area contributed by atoms with E-state index in [1.807, 2.05) is 24.3 Å². The molecule has 0 spiro atoms. The fraction of sp³-hybridized carbons (Fsp3) is 0. The molecule has 1 heterocycles. The molecular formula is C8H7N. The Morgan fingerprint density at radius 3 is 3.11 bits per heavy atom. The van der Waals surface area contributed by atoms with E-state index in [1.54, 1.807) is 0 Å². The molecule has 1 aromatic carbocycles. The van der Waals surface area contributed by atoms with Crippen molar-refractivity contribution >= 4 is 10.9 Å². The zero-order valence-corrected chi connectivity index (χ0v) is 4.81. The molecule has 2 aromatic rings. The molecule has 0 saturated heterocycles. The van der Waals surface area contributed by atoms with Gasteiger partial charge in [-0.25, -0.2) is 0 Å². The number of hydrogen-bond donors (Lipinski definition) is 1. The van der Waals surface area contributed by atoms with Crippen LogP contribution in [0.1, 0.15) is 2.74 Å². The smallest absolute Gasteiger partial charge is 0.0816 e. The number of hydrogen-bond acceptors (Lipinski definition) is 0. The van der Waals surface area contributed by atoms with Gasteiger partial charge in [0, 0.05) is 11.7 Å². The molecule has 0 aliphatic rings. The highest BCUT2D eigenvalue weighted by Gasteiger charge is 1.86. The first-order valence-corrected chi connectivity index (χ1v) is 2.83. The second-order valence-corrected chi connectivity index (χ2v) is 1.92. The number of rotatable bonds is 0. The lowest BCUT2D eigenvalue weighted by Gasteiger charge is -1.83. The van der Waals surface area contributed by atoms with E-state index < -0.39 is 0 Å². The van der Waals surface area contributed by atoms with Crippen molar-refractivity contribution in [1.29, 1.82) is 0 Å². The van der Waals surface area contributed by atoms with E-state index in [9.17, 15) is 0 Å². The van der Waals surface area contributed by atoms with Crippen molar-refractivity contribution in [3.05, 3.63) is 36.5 Å². The lowest BCUT2D eigenvalue weighted by molar-refractivity contribution is 1.48. The van der Waals surface area contributed by atoms with Gasteiger partial charge in [0.1, 0.15) is 0 Å². The maximum absolute atomic E-state index is 7.45. The lowest BCUT2D eigenvalue weighted by atomic mass is 10.3. The second kappa shape index (κ2) is 1.62. The quantitative estimate of drug-likeness (QED) is 0.547. The standard InChI is InChI=1S/C8H7N/c1-2-4-8-7(3-1)5-6-9-8/h1-6,9H/i5D,6D. The van der Waals surface area contributed by atoms with Crippen LogP contribution in [-0.2, 0) is 0 Å². The van der Waals surface area contributed by atoms with Crippen molar-refractivity contribution in [2.24, 2.45) is 0 Å². The van der Waals surface area contributed by atoms with E-state index in [4.69, 9.17) is 2.74 Å². The number of fused-ring (bicyclic) bond motifs is 1. The molecule has 0 aliphatic heterocycles. The van der Waals surface area contributed by atoms with Gasteiger partial charge in [-0.15, -0.1) is 0 Å². The van der Waals surface area contributed by atoms with Gasteiger partial charge in [0.05, 0.1) is 2.74 Å². The summed E-state index contributed by atoms with van der Waals surface area (Å²) in [6.07, 6.45) is 0.186. The van der Waals surface area contributed by atoms with E-state index in [0.717, 1.165) is 10.9 Å². The second-order valence-electron chi connectivity index (χ2n) is 1.92. The van der Waals surface area contributed by atoms with E-state index in [2.05, 4.69) is 4.98 Å². The average molecular weight is 119 g/mol. The third-order valence-electron chi connectivity index (χ3n) is 1.32. The summed E-state index contributed by atoms with van der Waals surface area (Å²) in [4.78, 5) is 2.81. The molecule has 0 aliphatic carbocycles. The Balaban J connectivity index is 2.92. The Hall–Kier alpha value is -1.24. The normalized spacial score (nSPS) is 13.3. The Bertz CT molecular complexity index is 392. The van der Waals surface area contributed by atoms with Gasteiger partial charge in [-0.1, -0.05) is 18.2 Å². The molecule has 1 N–H and O–H groups in total. The first-order chi connectivity index (χ1) is 5.29. The number of para-hydroxylation sites is 1. The topological polar surface area (TPSA) is 15.8 Å².